The number of hydrogen-bond donors (Lipinski definition) is 1. The molecule has 0 radical (unpaired) electrons. The highest BCUT2D eigenvalue weighted by Gasteiger charge is 2.42. The fraction of sp³-hybridized carbons (Fsp3) is 0.583. The third-order valence-electron chi connectivity index (χ3n) is 7.29. The number of amides is 1. The summed E-state index contributed by atoms with van der Waals surface area (Å²) in [6.45, 7) is 1.64. The molecular formula is C24H26F6N6O4. The van der Waals surface area contributed by atoms with Gasteiger partial charge in [-0.1, -0.05) is 0 Å². The van der Waals surface area contributed by atoms with E-state index in [2.05, 4.69) is 10.1 Å². The van der Waals surface area contributed by atoms with Crippen LogP contribution in [0.1, 0.15) is 29.5 Å². The van der Waals surface area contributed by atoms with Crippen molar-refractivity contribution in [2.75, 3.05) is 55.8 Å². The van der Waals surface area contributed by atoms with Crippen LogP contribution < -0.4 is 15.4 Å². The van der Waals surface area contributed by atoms with E-state index in [1.165, 1.54) is 4.90 Å². The maximum Gasteiger partial charge on any atom is 0.423 e. The number of piperazine rings is 1. The first-order valence-electron chi connectivity index (χ1n) is 12.6. The minimum absolute atomic E-state index is 0.0167. The second kappa shape index (κ2) is 10.9. The van der Waals surface area contributed by atoms with Crippen molar-refractivity contribution in [1.82, 2.24) is 20.1 Å². The minimum atomic E-state index is -4.84. The van der Waals surface area contributed by atoms with Gasteiger partial charge in [-0.2, -0.15) is 31.4 Å². The lowest BCUT2D eigenvalue weighted by Crippen LogP contribution is -2.56. The molecule has 2 aromatic rings. The first-order valence-corrected chi connectivity index (χ1v) is 12.6. The van der Waals surface area contributed by atoms with E-state index in [0.717, 1.165) is 18.5 Å². The Bertz CT molecular complexity index is 1300. The number of pyridine rings is 1. The number of hydrogen-bond acceptors (Lipinski definition) is 8. The molecule has 2 saturated heterocycles. The lowest BCUT2D eigenvalue weighted by atomic mass is 10.0. The first-order chi connectivity index (χ1) is 18.9. The molecule has 1 N–H and O–H groups in total. The fourth-order valence-electron chi connectivity index (χ4n) is 5.18. The molecule has 16 heteroatoms. The van der Waals surface area contributed by atoms with Gasteiger partial charge in [0.1, 0.15) is 11.4 Å². The number of H-pyrrole nitrogens is 1. The zero-order valence-corrected chi connectivity index (χ0v) is 21.1. The van der Waals surface area contributed by atoms with Gasteiger partial charge in [-0.3, -0.25) is 9.59 Å². The van der Waals surface area contributed by atoms with Gasteiger partial charge in [0.05, 0.1) is 62.4 Å². The standard InChI is InChI=1S/C24H26F6N6O4/c25-23(26,27)15-7-14-11-40-13-17-10-34(4-5-36(17)21(14)31-8-15)19(37)2-6-39-12-16-1-3-35(16)18-9-32-33-22(38)20(18)24(28,29)30/h7-9,16-17H,1-6,10-13H2,(H,33,38)/t16-,17+/m0/s1. The van der Waals surface area contributed by atoms with Crippen molar-refractivity contribution >= 4 is 17.4 Å². The molecule has 0 unspecified atom stereocenters. The van der Waals surface area contributed by atoms with Crippen molar-refractivity contribution in [1.29, 1.82) is 0 Å². The zero-order valence-electron chi connectivity index (χ0n) is 21.1. The number of anilines is 2. The Balaban J connectivity index is 1.12. The Morgan fingerprint density at radius 1 is 1.10 bits per heavy atom. The van der Waals surface area contributed by atoms with Crippen LogP contribution in [0.4, 0.5) is 37.8 Å². The highest BCUT2D eigenvalue weighted by atomic mass is 19.4. The third kappa shape index (κ3) is 5.73. The summed E-state index contributed by atoms with van der Waals surface area (Å²) in [6, 6.07) is 0.369. The summed E-state index contributed by atoms with van der Waals surface area (Å²) >= 11 is 0. The van der Waals surface area contributed by atoms with Crippen LogP contribution in [-0.4, -0.2) is 84.1 Å². The summed E-state index contributed by atoms with van der Waals surface area (Å²) in [5.41, 5.74) is -3.42. The van der Waals surface area contributed by atoms with Crippen molar-refractivity contribution in [2.24, 2.45) is 0 Å². The topological polar surface area (TPSA) is 104 Å². The van der Waals surface area contributed by atoms with Crippen molar-refractivity contribution in [3.8, 4) is 0 Å². The molecular weight excluding hydrogens is 550 g/mol. The summed E-state index contributed by atoms with van der Waals surface area (Å²) in [5, 5.41) is 5.31. The summed E-state index contributed by atoms with van der Waals surface area (Å²) in [6.07, 6.45) is -6.97. The third-order valence-corrected chi connectivity index (χ3v) is 7.29. The van der Waals surface area contributed by atoms with E-state index in [1.807, 2.05) is 10.00 Å². The second-order valence-electron chi connectivity index (χ2n) is 9.82. The Morgan fingerprint density at radius 2 is 1.90 bits per heavy atom. The average Bonchev–Trinajstić information content (AvgIpc) is 3.05. The number of nitrogens with one attached hydrogen (secondary N) is 1. The number of carbonyl (C=O) groups excluding carboxylic acids is 1. The second-order valence-corrected chi connectivity index (χ2v) is 9.82. The monoisotopic (exact) mass is 576 g/mol. The molecule has 0 aliphatic carbocycles. The number of nitrogens with zero attached hydrogens (tertiary/aromatic N) is 5. The van der Waals surface area contributed by atoms with E-state index < -0.39 is 35.1 Å². The van der Waals surface area contributed by atoms with E-state index in [1.54, 1.807) is 4.90 Å². The molecule has 0 bridgehead atoms. The van der Waals surface area contributed by atoms with Gasteiger partial charge in [0, 0.05) is 37.9 Å². The lowest BCUT2D eigenvalue weighted by molar-refractivity contribution is -0.139. The van der Waals surface area contributed by atoms with Crippen molar-refractivity contribution in [3.05, 3.63) is 45.5 Å². The molecule has 3 aliphatic rings. The maximum absolute atomic E-state index is 13.4. The van der Waals surface area contributed by atoms with Crippen molar-refractivity contribution in [3.63, 3.8) is 0 Å². The summed E-state index contributed by atoms with van der Waals surface area (Å²) in [5.74, 6) is 0.230. The summed E-state index contributed by atoms with van der Waals surface area (Å²) < 4.78 is 90.6. The Morgan fingerprint density at radius 3 is 2.60 bits per heavy atom. The molecule has 0 saturated carbocycles. The van der Waals surface area contributed by atoms with Crippen LogP contribution in [0.25, 0.3) is 0 Å². The normalized spacial score (nSPS) is 21.4. The highest BCUT2D eigenvalue weighted by molar-refractivity contribution is 5.76. The van der Waals surface area contributed by atoms with Gasteiger partial charge in [0.15, 0.2) is 0 Å². The molecule has 10 nitrogen and oxygen atoms in total. The Hall–Kier alpha value is -3.40. The number of halogens is 6. The average molecular weight is 576 g/mol. The van der Waals surface area contributed by atoms with Crippen LogP contribution in [0, 0.1) is 0 Å². The number of ether oxygens (including phenoxy) is 2. The molecule has 0 aromatic carbocycles. The maximum atomic E-state index is 13.4. The first kappa shape index (κ1) is 28.1. The van der Waals surface area contributed by atoms with Crippen LogP contribution in [-0.2, 0) is 33.2 Å². The number of rotatable bonds is 6. The zero-order chi connectivity index (χ0) is 28.7. The van der Waals surface area contributed by atoms with Gasteiger partial charge in [-0.15, -0.1) is 0 Å². The molecule has 5 rings (SSSR count). The minimum Gasteiger partial charge on any atom is -0.379 e. The SMILES string of the molecule is O=C(CCOC[C@@H]1CCN1c1cn[nH]c(=O)c1C(F)(F)F)N1CCN2c3ncc(C(F)(F)F)cc3COC[C@H]2C1. The molecule has 218 valence electrons. The lowest BCUT2D eigenvalue weighted by Gasteiger charge is -2.43. The number of alkyl halides is 6. The van der Waals surface area contributed by atoms with E-state index in [-0.39, 0.29) is 50.5 Å². The van der Waals surface area contributed by atoms with Crippen LogP contribution in [0.2, 0.25) is 0 Å². The van der Waals surface area contributed by atoms with E-state index in [4.69, 9.17) is 9.47 Å². The van der Waals surface area contributed by atoms with Crippen LogP contribution >= 0.6 is 0 Å². The van der Waals surface area contributed by atoms with E-state index in [0.29, 0.717) is 44.0 Å². The van der Waals surface area contributed by atoms with Crippen LogP contribution in [0.5, 0.6) is 0 Å². The van der Waals surface area contributed by atoms with E-state index in [9.17, 15) is 35.9 Å². The van der Waals surface area contributed by atoms with Crippen LogP contribution in [0.3, 0.4) is 0 Å². The quantitative estimate of drug-likeness (QED) is 0.413. The largest absolute Gasteiger partial charge is 0.423 e. The van der Waals surface area contributed by atoms with Crippen molar-refractivity contribution in [2.45, 2.75) is 43.9 Å². The Labute approximate surface area is 223 Å². The summed E-state index contributed by atoms with van der Waals surface area (Å²) in [4.78, 5) is 33.6. The Kier molecular flexibility index (Phi) is 7.65. The molecule has 2 atom stereocenters. The van der Waals surface area contributed by atoms with Gasteiger partial charge in [-0.25, -0.2) is 10.1 Å². The van der Waals surface area contributed by atoms with E-state index >= 15 is 0 Å². The number of aromatic amines is 1. The van der Waals surface area contributed by atoms with Crippen LogP contribution in [0.15, 0.2) is 23.3 Å². The molecule has 2 aromatic heterocycles. The predicted octanol–water partition coefficient (Wildman–Crippen LogP) is 2.44. The van der Waals surface area contributed by atoms with Crippen molar-refractivity contribution < 1.29 is 40.6 Å². The molecule has 40 heavy (non-hydrogen) atoms. The fourth-order valence-corrected chi connectivity index (χ4v) is 5.18. The molecule has 5 heterocycles. The summed E-state index contributed by atoms with van der Waals surface area (Å²) in [7, 11) is 0. The van der Waals surface area contributed by atoms with Gasteiger partial charge >= 0.3 is 12.4 Å². The predicted molar refractivity (Wildman–Crippen MR) is 128 cm³/mol. The number of aromatic nitrogens is 3. The molecule has 2 fully saturated rings. The number of carbonyl (C=O) groups is 1. The molecule has 0 spiro atoms. The highest BCUT2D eigenvalue weighted by Crippen LogP contribution is 2.37. The smallest absolute Gasteiger partial charge is 0.379 e. The number of fused-ring (bicyclic) bond motifs is 3. The molecule has 1 amide bonds. The van der Waals surface area contributed by atoms with Gasteiger partial charge in [0.25, 0.3) is 5.56 Å². The van der Waals surface area contributed by atoms with Gasteiger partial charge < -0.3 is 24.2 Å². The molecule has 3 aliphatic heterocycles. The van der Waals surface area contributed by atoms with Gasteiger partial charge in [0.2, 0.25) is 5.91 Å². The van der Waals surface area contributed by atoms with Gasteiger partial charge in [-0.05, 0) is 12.5 Å².